The third kappa shape index (κ3) is 6.58. The highest BCUT2D eigenvalue weighted by Crippen LogP contribution is 2.32. The Balaban J connectivity index is 1.75. The topological polar surface area (TPSA) is 88.4 Å². The van der Waals surface area contributed by atoms with E-state index in [4.69, 9.17) is 9.84 Å². The average molecular weight is 324 g/mol. The van der Waals surface area contributed by atoms with E-state index in [1.165, 1.54) is 0 Å². The molecule has 1 heterocycles. The predicted octanol–water partition coefficient (Wildman–Crippen LogP) is 1.27. The molecule has 23 heavy (non-hydrogen) atoms. The molecule has 3 N–H and O–H groups in total. The highest BCUT2D eigenvalue weighted by Gasteiger charge is 2.33. The minimum Gasteiger partial charge on any atom is -0.444 e. The number of aromatic nitrogens is 2. The summed E-state index contributed by atoms with van der Waals surface area (Å²) in [5, 5.41) is 19.4. The Morgan fingerprint density at radius 2 is 2.26 bits per heavy atom. The molecule has 1 fully saturated rings. The van der Waals surface area contributed by atoms with Crippen LogP contribution in [0.15, 0.2) is 12.4 Å². The van der Waals surface area contributed by atoms with Crippen molar-refractivity contribution in [2.24, 2.45) is 5.92 Å². The summed E-state index contributed by atoms with van der Waals surface area (Å²) in [7, 11) is 0. The summed E-state index contributed by atoms with van der Waals surface area (Å²) in [6.07, 6.45) is 5.65. The van der Waals surface area contributed by atoms with Crippen molar-refractivity contribution in [3.63, 3.8) is 0 Å². The first-order chi connectivity index (χ1) is 10.9. The average Bonchev–Trinajstić information content (AvgIpc) is 3.18. The van der Waals surface area contributed by atoms with Crippen LogP contribution < -0.4 is 10.6 Å². The minimum absolute atomic E-state index is 0.0815. The van der Waals surface area contributed by atoms with E-state index in [1.807, 2.05) is 27.0 Å². The molecule has 0 bridgehead atoms. The van der Waals surface area contributed by atoms with E-state index in [0.29, 0.717) is 25.6 Å². The van der Waals surface area contributed by atoms with Crippen LogP contribution in [0.2, 0.25) is 0 Å². The fourth-order valence-corrected chi connectivity index (χ4v) is 2.39. The molecule has 1 aliphatic rings. The molecular weight excluding hydrogens is 296 g/mol. The van der Waals surface area contributed by atoms with Gasteiger partial charge in [0.15, 0.2) is 0 Å². The van der Waals surface area contributed by atoms with E-state index in [9.17, 15) is 4.79 Å². The number of carbonyl (C=O) groups is 1. The molecule has 1 saturated carbocycles. The molecule has 1 aromatic heterocycles. The van der Waals surface area contributed by atoms with E-state index in [1.54, 1.807) is 10.9 Å². The first-order valence-corrected chi connectivity index (χ1v) is 8.20. The second-order valence-corrected chi connectivity index (χ2v) is 7.06. The van der Waals surface area contributed by atoms with Gasteiger partial charge in [0.05, 0.1) is 19.3 Å². The van der Waals surface area contributed by atoms with Crippen LogP contribution in [0.25, 0.3) is 0 Å². The molecule has 0 radical (unpaired) electrons. The zero-order valence-corrected chi connectivity index (χ0v) is 14.2. The number of hydrogen-bond acceptors (Lipinski definition) is 5. The Bertz CT molecular complexity index is 506. The van der Waals surface area contributed by atoms with Gasteiger partial charge >= 0.3 is 6.09 Å². The maximum absolute atomic E-state index is 11.9. The van der Waals surface area contributed by atoms with Crippen LogP contribution in [-0.4, -0.2) is 45.8 Å². The highest BCUT2D eigenvalue weighted by molar-refractivity contribution is 5.68. The monoisotopic (exact) mass is 324 g/mol. The van der Waals surface area contributed by atoms with Crippen molar-refractivity contribution in [1.82, 2.24) is 20.4 Å². The lowest BCUT2D eigenvalue weighted by Gasteiger charge is -2.23. The normalized spacial score (nSPS) is 16.2. The lowest BCUT2D eigenvalue weighted by atomic mass is 10.2. The van der Waals surface area contributed by atoms with E-state index in [-0.39, 0.29) is 18.7 Å². The van der Waals surface area contributed by atoms with E-state index in [0.717, 1.165) is 18.4 Å². The molecule has 0 aliphatic heterocycles. The number of aliphatic hydroxyl groups is 1. The van der Waals surface area contributed by atoms with Gasteiger partial charge in [-0.3, -0.25) is 4.68 Å². The number of nitrogens with one attached hydrogen (secondary N) is 2. The lowest BCUT2D eigenvalue weighted by molar-refractivity contribution is 0.0497. The summed E-state index contributed by atoms with van der Waals surface area (Å²) in [5.41, 5.74) is 0.581. The number of alkyl carbamates (subject to hydrolysis) is 1. The molecule has 0 saturated heterocycles. The van der Waals surface area contributed by atoms with Crippen molar-refractivity contribution in [3.05, 3.63) is 18.0 Å². The molecule has 0 spiro atoms. The molecule has 1 unspecified atom stereocenters. The number of ether oxygens (including phenoxy) is 1. The largest absolute Gasteiger partial charge is 0.444 e. The van der Waals surface area contributed by atoms with Gasteiger partial charge in [-0.2, -0.15) is 5.10 Å². The van der Waals surface area contributed by atoms with Crippen LogP contribution in [0.1, 0.15) is 39.2 Å². The van der Waals surface area contributed by atoms with E-state index < -0.39 is 5.60 Å². The summed E-state index contributed by atoms with van der Waals surface area (Å²) >= 11 is 0. The van der Waals surface area contributed by atoms with Crippen molar-refractivity contribution in [2.45, 2.75) is 58.3 Å². The molecule has 0 aromatic carbocycles. The summed E-state index contributed by atoms with van der Waals surface area (Å²) in [4.78, 5) is 11.9. The number of aliphatic hydroxyl groups excluding tert-OH is 1. The van der Waals surface area contributed by atoms with Gasteiger partial charge in [-0.25, -0.2) is 4.79 Å². The number of amides is 1. The van der Waals surface area contributed by atoms with Crippen LogP contribution >= 0.6 is 0 Å². The smallest absolute Gasteiger partial charge is 0.407 e. The number of rotatable bonds is 8. The second kappa shape index (κ2) is 7.79. The first kappa shape index (κ1) is 17.7. The molecule has 1 atom stereocenters. The zero-order chi connectivity index (χ0) is 16.9. The van der Waals surface area contributed by atoms with Crippen molar-refractivity contribution in [1.29, 1.82) is 0 Å². The minimum atomic E-state index is -0.479. The van der Waals surface area contributed by atoms with E-state index in [2.05, 4.69) is 15.7 Å². The maximum atomic E-state index is 11.9. The quantitative estimate of drug-likeness (QED) is 0.670. The van der Waals surface area contributed by atoms with Gasteiger partial charge in [0.2, 0.25) is 0 Å². The number of carbonyl (C=O) groups excluding carboxylic acids is 1. The standard InChI is InChI=1S/C16H28N4O3/c1-16(2,3)23-15(22)19-14(13-4-5-13)10-17-8-12-9-18-20(11-12)6-7-21/h9,11,13-14,17,21H,4-8,10H2,1-3H3,(H,19,22). The molecule has 130 valence electrons. The Hall–Kier alpha value is -1.60. The third-order valence-electron chi connectivity index (χ3n) is 3.60. The lowest BCUT2D eigenvalue weighted by Crippen LogP contribution is -2.45. The van der Waals surface area contributed by atoms with Crippen LogP contribution in [0.3, 0.4) is 0 Å². The molecule has 7 heteroatoms. The Labute approximate surface area is 137 Å². The first-order valence-electron chi connectivity index (χ1n) is 8.20. The Morgan fingerprint density at radius 3 is 2.87 bits per heavy atom. The van der Waals surface area contributed by atoms with Crippen molar-refractivity contribution in [3.8, 4) is 0 Å². The highest BCUT2D eigenvalue weighted by atomic mass is 16.6. The van der Waals surface area contributed by atoms with Crippen molar-refractivity contribution >= 4 is 6.09 Å². The zero-order valence-electron chi connectivity index (χ0n) is 14.2. The van der Waals surface area contributed by atoms with Crippen molar-refractivity contribution in [2.75, 3.05) is 13.2 Å². The summed E-state index contributed by atoms with van der Waals surface area (Å²) in [6, 6.07) is 0.0948. The van der Waals surface area contributed by atoms with Crippen LogP contribution in [0, 0.1) is 5.92 Å². The van der Waals surface area contributed by atoms with Gasteiger partial charge in [-0.1, -0.05) is 0 Å². The molecule has 1 amide bonds. The fraction of sp³-hybridized carbons (Fsp3) is 0.750. The van der Waals surface area contributed by atoms with Crippen LogP contribution in [-0.2, 0) is 17.8 Å². The SMILES string of the molecule is CC(C)(C)OC(=O)NC(CNCc1cnn(CCO)c1)C1CC1. The van der Waals surface area contributed by atoms with Gasteiger partial charge in [-0.15, -0.1) is 0 Å². The van der Waals surface area contributed by atoms with Gasteiger partial charge in [0.25, 0.3) is 0 Å². The van der Waals surface area contributed by atoms with Gasteiger partial charge in [0, 0.05) is 30.9 Å². The molecular formula is C16H28N4O3. The van der Waals surface area contributed by atoms with Gasteiger partial charge < -0.3 is 20.5 Å². The van der Waals surface area contributed by atoms with Crippen LogP contribution in [0.5, 0.6) is 0 Å². The van der Waals surface area contributed by atoms with Crippen molar-refractivity contribution < 1.29 is 14.6 Å². The summed E-state index contributed by atoms with van der Waals surface area (Å²) in [5.74, 6) is 0.534. The third-order valence-corrected chi connectivity index (χ3v) is 3.60. The Morgan fingerprint density at radius 1 is 1.52 bits per heavy atom. The summed E-state index contributed by atoms with van der Waals surface area (Å²) < 4.78 is 7.04. The Kier molecular flexibility index (Phi) is 6.01. The summed E-state index contributed by atoms with van der Waals surface area (Å²) in [6.45, 7) is 7.56. The van der Waals surface area contributed by atoms with Gasteiger partial charge in [-0.05, 0) is 39.5 Å². The molecule has 2 rings (SSSR count). The fourth-order valence-electron chi connectivity index (χ4n) is 2.39. The molecule has 1 aromatic rings. The van der Waals surface area contributed by atoms with Gasteiger partial charge in [0.1, 0.15) is 5.60 Å². The number of nitrogens with zero attached hydrogens (tertiary/aromatic N) is 2. The second-order valence-electron chi connectivity index (χ2n) is 7.06. The van der Waals surface area contributed by atoms with E-state index >= 15 is 0 Å². The maximum Gasteiger partial charge on any atom is 0.407 e. The predicted molar refractivity (Wildman–Crippen MR) is 86.9 cm³/mol. The number of hydrogen-bond donors (Lipinski definition) is 3. The molecule has 1 aliphatic carbocycles. The molecule has 7 nitrogen and oxygen atoms in total. The van der Waals surface area contributed by atoms with Crippen LogP contribution in [0.4, 0.5) is 4.79 Å².